The molecule has 0 saturated heterocycles. The molecule has 0 radical (unpaired) electrons. The van der Waals surface area contributed by atoms with Gasteiger partial charge in [0, 0.05) is 13.1 Å². The van der Waals surface area contributed by atoms with Crippen LogP contribution in [0.15, 0.2) is 18.3 Å². The molecule has 0 unspecified atom stereocenters. The van der Waals surface area contributed by atoms with E-state index in [-0.39, 0.29) is 12.3 Å². The number of hydrogen-bond donors (Lipinski definition) is 1. The van der Waals surface area contributed by atoms with Gasteiger partial charge in [-0.3, -0.25) is 14.8 Å². The van der Waals surface area contributed by atoms with Gasteiger partial charge in [0.25, 0.3) is 5.69 Å². The first-order chi connectivity index (χ1) is 7.13. The number of aromatic nitrogens is 2. The van der Waals surface area contributed by atoms with Gasteiger partial charge in [0.1, 0.15) is 0 Å². The SMILES string of the molecule is Cn1ncc2c([N+](=O)[O-])cc(CO)cc21. The number of aliphatic hydroxyl groups is 1. The second-order valence-electron chi connectivity index (χ2n) is 3.23. The summed E-state index contributed by atoms with van der Waals surface area (Å²) in [5, 5.41) is 24.2. The molecule has 1 heterocycles. The monoisotopic (exact) mass is 207 g/mol. The van der Waals surface area contributed by atoms with E-state index in [2.05, 4.69) is 5.10 Å². The molecule has 1 aromatic heterocycles. The quantitative estimate of drug-likeness (QED) is 0.587. The van der Waals surface area contributed by atoms with Gasteiger partial charge in [-0.1, -0.05) is 0 Å². The predicted molar refractivity (Wildman–Crippen MR) is 53.3 cm³/mol. The Morgan fingerprint density at radius 3 is 2.93 bits per heavy atom. The maximum atomic E-state index is 10.8. The van der Waals surface area contributed by atoms with Crippen molar-refractivity contribution in [2.75, 3.05) is 0 Å². The summed E-state index contributed by atoms with van der Waals surface area (Å²) in [6.45, 7) is -0.220. The number of non-ortho nitro benzene ring substituents is 1. The van der Waals surface area contributed by atoms with Crippen molar-refractivity contribution in [3.8, 4) is 0 Å². The fraction of sp³-hybridized carbons (Fsp3) is 0.222. The average molecular weight is 207 g/mol. The number of fused-ring (bicyclic) bond motifs is 1. The van der Waals surface area contributed by atoms with E-state index in [9.17, 15) is 10.1 Å². The van der Waals surface area contributed by atoms with Crippen molar-refractivity contribution in [2.45, 2.75) is 6.61 Å². The van der Waals surface area contributed by atoms with E-state index in [1.807, 2.05) is 0 Å². The largest absolute Gasteiger partial charge is 0.392 e. The third-order valence-electron chi connectivity index (χ3n) is 2.28. The minimum absolute atomic E-state index is 0.0235. The van der Waals surface area contributed by atoms with E-state index >= 15 is 0 Å². The average Bonchev–Trinajstić information content (AvgIpc) is 2.59. The van der Waals surface area contributed by atoms with Crippen molar-refractivity contribution >= 4 is 16.6 Å². The lowest BCUT2D eigenvalue weighted by Crippen LogP contribution is -1.94. The lowest BCUT2D eigenvalue weighted by Gasteiger charge is -1.99. The van der Waals surface area contributed by atoms with Gasteiger partial charge in [-0.25, -0.2) is 0 Å². The maximum absolute atomic E-state index is 10.8. The predicted octanol–water partition coefficient (Wildman–Crippen LogP) is 0.974. The molecule has 0 saturated carbocycles. The molecule has 1 aromatic carbocycles. The van der Waals surface area contributed by atoms with Crippen LogP contribution < -0.4 is 0 Å². The molecular formula is C9H9N3O3. The highest BCUT2D eigenvalue weighted by Gasteiger charge is 2.15. The standard InChI is InChI=1S/C9H9N3O3/c1-11-8-2-6(5-13)3-9(12(14)15)7(8)4-10-11/h2-4,13H,5H2,1H3. The highest BCUT2D eigenvalue weighted by atomic mass is 16.6. The first-order valence-electron chi connectivity index (χ1n) is 4.33. The molecule has 0 fully saturated rings. The fourth-order valence-corrected chi connectivity index (χ4v) is 1.53. The number of hydrogen-bond acceptors (Lipinski definition) is 4. The molecule has 0 bridgehead atoms. The molecule has 1 N–H and O–H groups in total. The minimum atomic E-state index is -0.469. The molecule has 0 aliphatic heterocycles. The number of nitrogens with zero attached hydrogens (tertiary/aromatic N) is 3. The number of aliphatic hydroxyl groups excluding tert-OH is 1. The summed E-state index contributed by atoms with van der Waals surface area (Å²) in [6.07, 6.45) is 1.45. The van der Waals surface area contributed by atoms with Gasteiger partial charge in [-0.05, 0) is 11.6 Å². The Labute approximate surface area is 84.9 Å². The summed E-state index contributed by atoms with van der Waals surface area (Å²) in [6, 6.07) is 3.05. The van der Waals surface area contributed by atoms with Gasteiger partial charge < -0.3 is 5.11 Å². The molecule has 0 amide bonds. The summed E-state index contributed by atoms with van der Waals surface area (Å²) in [5.74, 6) is 0. The van der Waals surface area contributed by atoms with E-state index in [4.69, 9.17) is 5.11 Å². The van der Waals surface area contributed by atoms with E-state index in [0.717, 1.165) is 0 Å². The smallest absolute Gasteiger partial charge is 0.280 e. The minimum Gasteiger partial charge on any atom is -0.392 e. The van der Waals surface area contributed by atoms with Crippen LogP contribution in [0.4, 0.5) is 5.69 Å². The molecule has 2 rings (SSSR count). The van der Waals surface area contributed by atoms with Crippen molar-refractivity contribution in [1.82, 2.24) is 9.78 Å². The van der Waals surface area contributed by atoms with Crippen LogP contribution in [0.25, 0.3) is 10.9 Å². The Bertz CT molecular complexity index is 533. The van der Waals surface area contributed by atoms with Crippen molar-refractivity contribution in [1.29, 1.82) is 0 Å². The number of rotatable bonds is 2. The van der Waals surface area contributed by atoms with Gasteiger partial charge in [-0.2, -0.15) is 5.10 Å². The van der Waals surface area contributed by atoms with E-state index in [1.165, 1.54) is 12.3 Å². The first kappa shape index (κ1) is 9.60. The molecule has 0 atom stereocenters. The van der Waals surface area contributed by atoms with E-state index in [1.54, 1.807) is 17.8 Å². The van der Waals surface area contributed by atoms with Crippen LogP contribution in [0.2, 0.25) is 0 Å². The number of nitro groups is 1. The van der Waals surface area contributed by atoms with Gasteiger partial charge in [0.2, 0.25) is 0 Å². The molecule has 6 heteroatoms. The summed E-state index contributed by atoms with van der Waals surface area (Å²) in [4.78, 5) is 10.3. The Morgan fingerprint density at radius 1 is 1.60 bits per heavy atom. The van der Waals surface area contributed by atoms with Crippen molar-refractivity contribution in [3.63, 3.8) is 0 Å². The summed E-state index contributed by atoms with van der Waals surface area (Å²) >= 11 is 0. The lowest BCUT2D eigenvalue weighted by molar-refractivity contribution is -0.383. The summed E-state index contributed by atoms with van der Waals surface area (Å²) in [7, 11) is 1.70. The van der Waals surface area contributed by atoms with Crippen LogP contribution in [0.5, 0.6) is 0 Å². The Hall–Kier alpha value is -1.95. The van der Waals surface area contributed by atoms with Crippen LogP contribution in [0, 0.1) is 10.1 Å². The van der Waals surface area contributed by atoms with E-state index < -0.39 is 4.92 Å². The molecule has 0 aliphatic rings. The Balaban J connectivity index is 2.82. The van der Waals surface area contributed by atoms with Crippen LogP contribution in [-0.4, -0.2) is 19.8 Å². The van der Waals surface area contributed by atoms with Crippen LogP contribution >= 0.6 is 0 Å². The zero-order valence-electron chi connectivity index (χ0n) is 8.04. The summed E-state index contributed by atoms with van der Waals surface area (Å²) in [5.41, 5.74) is 1.13. The summed E-state index contributed by atoms with van der Waals surface area (Å²) < 4.78 is 1.54. The highest BCUT2D eigenvalue weighted by molar-refractivity contribution is 5.88. The van der Waals surface area contributed by atoms with Crippen LogP contribution in [0.1, 0.15) is 5.56 Å². The zero-order chi connectivity index (χ0) is 11.0. The molecule has 0 spiro atoms. The second-order valence-corrected chi connectivity index (χ2v) is 3.23. The topological polar surface area (TPSA) is 81.2 Å². The third-order valence-corrected chi connectivity index (χ3v) is 2.28. The maximum Gasteiger partial charge on any atom is 0.280 e. The Morgan fingerprint density at radius 2 is 2.33 bits per heavy atom. The lowest BCUT2D eigenvalue weighted by atomic mass is 10.1. The van der Waals surface area contributed by atoms with Crippen molar-refractivity contribution < 1.29 is 10.0 Å². The van der Waals surface area contributed by atoms with Gasteiger partial charge in [0.15, 0.2) is 0 Å². The highest BCUT2D eigenvalue weighted by Crippen LogP contribution is 2.26. The van der Waals surface area contributed by atoms with E-state index in [0.29, 0.717) is 16.5 Å². The number of benzene rings is 1. The Kier molecular flexibility index (Phi) is 2.12. The van der Waals surface area contributed by atoms with Crippen LogP contribution in [0.3, 0.4) is 0 Å². The number of aryl methyl sites for hydroxylation is 1. The van der Waals surface area contributed by atoms with Crippen molar-refractivity contribution in [2.24, 2.45) is 7.05 Å². The van der Waals surface area contributed by atoms with Gasteiger partial charge in [-0.15, -0.1) is 0 Å². The van der Waals surface area contributed by atoms with Crippen LogP contribution in [-0.2, 0) is 13.7 Å². The molecular weight excluding hydrogens is 198 g/mol. The molecule has 6 nitrogen and oxygen atoms in total. The van der Waals surface area contributed by atoms with Gasteiger partial charge >= 0.3 is 0 Å². The third kappa shape index (κ3) is 1.44. The fourth-order valence-electron chi connectivity index (χ4n) is 1.53. The first-order valence-corrected chi connectivity index (χ1v) is 4.33. The zero-order valence-corrected chi connectivity index (χ0v) is 8.04. The van der Waals surface area contributed by atoms with Crippen molar-refractivity contribution in [3.05, 3.63) is 34.0 Å². The normalized spacial score (nSPS) is 10.8. The number of nitro benzene ring substituents is 1. The molecule has 78 valence electrons. The van der Waals surface area contributed by atoms with Gasteiger partial charge in [0.05, 0.1) is 28.6 Å². The molecule has 15 heavy (non-hydrogen) atoms. The molecule has 0 aliphatic carbocycles. The second kappa shape index (κ2) is 3.32. The molecule has 2 aromatic rings.